The molecule has 0 heterocycles. The van der Waals surface area contributed by atoms with Crippen molar-refractivity contribution >= 4 is 0 Å². The molecule has 0 aromatic heterocycles. The molecule has 0 fully saturated rings. The molecule has 0 radical (unpaired) electrons. The van der Waals surface area contributed by atoms with Crippen LogP contribution < -0.4 is 0 Å². The molecule has 0 spiro atoms. The first-order valence-corrected chi connectivity index (χ1v) is 9.24. The van der Waals surface area contributed by atoms with E-state index in [0.717, 1.165) is 38.5 Å². The summed E-state index contributed by atoms with van der Waals surface area (Å²) < 4.78 is 0. The predicted molar refractivity (Wildman–Crippen MR) is 112 cm³/mol. The number of rotatable bonds is 11. The first kappa shape index (κ1) is 19.0. The molecule has 0 aliphatic rings. The molecule has 0 bridgehead atoms. The van der Waals surface area contributed by atoms with Crippen molar-refractivity contribution in [1.82, 2.24) is 0 Å². The van der Waals surface area contributed by atoms with E-state index >= 15 is 0 Å². The lowest BCUT2D eigenvalue weighted by molar-refractivity contribution is 0.344. The molecule has 0 aliphatic carbocycles. The van der Waals surface area contributed by atoms with Gasteiger partial charge in [-0.15, -0.1) is 19.7 Å². The molecule has 0 N–H and O–H groups in total. The molecule has 0 heteroatoms. The van der Waals surface area contributed by atoms with E-state index in [1.807, 2.05) is 18.2 Å². The summed E-state index contributed by atoms with van der Waals surface area (Å²) in [4.78, 5) is 0. The summed E-state index contributed by atoms with van der Waals surface area (Å²) in [6.07, 6.45) is 12.6. The van der Waals surface area contributed by atoms with Crippen LogP contribution in [0.5, 0.6) is 0 Å². The Hall–Kier alpha value is -2.34. The maximum Gasteiger partial charge on any atom is -0.00381 e. The van der Waals surface area contributed by atoms with E-state index < -0.39 is 0 Å². The third-order valence-electron chi connectivity index (χ3n) is 5.09. The van der Waals surface area contributed by atoms with Gasteiger partial charge in [-0.05, 0) is 60.6 Å². The highest BCUT2D eigenvalue weighted by atomic mass is 14.3. The Morgan fingerprint density at radius 2 is 1.04 bits per heavy atom. The van der Waals surface area contributed by atoms with Gasteiger partial charge in [-0.3, -0.25) is 0 Å². The minimum atomic E-state index is 0.172. The maximum absolute atomic E-state index is 3.93. The molecule has 25 heavy (non-hydrogen) atoms. The Morgan fingerprint density at radius 3 is 1.48 bits per heavy atom. The number of allylic oxidation sites excluding steroid dienone is 3. The van der Waals surface area contributed by atoms with Gasteiger partial charge >= 0.3 is 0 Å². The average Bonchev–Trinajstić information content (AvgIpc) is 2.68. The fraction of sp³-hybridized carbons (Fsp3) is 0.280. The molecular weight excluding hydrogens is 300 g/mol. The van der Waals surface area contributed by atoms with Crippen LogP contribution in [0.25, 0.3) is 11.1 Å². The third kappa shape index (κ3) is 5.06. The standard InChI is InChI=1S/C25H30/c1-4-7-19-25(20-8-5-2,21-9-6-3)24-17-15-23(16-18-24)22-13-11-10-12-14-22/h4-6,10-18H,1-3,7-9,19-21H2. The summed E-state index contributed by atoms with van der Waals surface area (Å²) in [5.74, 6) is 0. The fourth-order valence-electron chi connectivity index (χ4n) is 3.59. The first-order chi connectivity index (χ1) is 12.3. The van der Waals surface area contributed by atoms with Crippen molar-refractivity contribution in [3.05, 3.63) is 98.1 Å². The topological polar surface area (TPSA) is 0 Å². The van der Waals surface area contributed by atoms with E-state index in [-0.39, 0.29) is 5.41 Å². The van der Waals surface area contributed by atoms with Gasteiger partial charge in [-0.2, -0.15) is 0 Å². The minimum Gasteiger partial charge on any atom is -0.103 e. The Kier molecular flexibility index (Phi) is 7.47. The van der Waals surface area contributed by atoms with Gasteiger partial charge in [0.05, 0.1) is 0 Å². The van der Waals surface area contributed by atoms with Crippen molar-refractivity contribution < 1.29 is 0 Å². The SMILES string of the molecule is C=CCCC(CCC=C)(CCC=C)c1ccc(-c2ccccc2)cc1. The summed E-state index contributed by atoms with van der Waals surface area (Å²) in [6.45, 7) is 11.8. The summed E-state index contributed by atoms with van der Waals surface area (Å²) >= 11 is 0. The normalized spacial score (nSPS) is 11.0. The van der Waals surface area contributed by atoms with E-state index in [4.69, 9.17) is 0 Å². The zero-order valence-corrected chi connectivity index (χ0v) is 15.3. The van der Waals surface area contributed by atoms with E-state index in [1.54, 1.807) is 0 Å². The smallest absolute Gasteiger partial charge is 0.00381 e. The Morgan fingerprint density at radius 1 is 0.600 bits per heavy atom. The van der Waals surface area contributed by atoms with Crippen LogP contribution in [-0.4, -0.2) is 0 Å². The van der Waals surface area contributed by atoms with Gasteiger partial charge in [-0.1, -0.05) is 72.8 Å². The van der Waals surface area contributed by atoms with Crippen molar-refractivity contribution in [2.45, 2.75) is 43.9 Å². The fourth-order valence-corrected chi connectivity index (χ4v) is 3.59. The average molecular weight is 331 g/mol. The zero-order chi connectivity index (χ0) is 18.0. The molecule has 0 aliphatic heterocycles. The monoisotopic (exact) mass is 330 g/mol. The summed E-state index contributed by atoms with van der Waals surface area (Å²) in [5.41, 5.74) is 4.14. The van der Waals surface area contributed by atoms with Crippen LogP contribution in [0.3, 0.4) is 0 Å². The molecule has 0 nitrogen and oxygen atoms in total. The predicted octanol–water partition coefficient (Wildman–Crippen LogP) is 7.49. The second kappa shape index (κ2) is 9.84. The van der Waals surface area contributed by atoms with Gasteiger partial charge in [0, 0.05) is 0 Å². The highest BCUT2D eigenvalue weighted by Crippen LogP contribution is 2.40. The van der Waals surface area contributed by atoms with Crippen LogP contribution in [-0.2, 0) is 5.41 Å². The van der Waals surface area contributed by atoms with Crippen molar-refractivity contribution in [1.29, 1.82) is 0 Å². The second-order valence-corrected chi connectivity index (χ2v) is 6.71. The molecule has 2 rings (SSSR count). The highest BCUT2D eigenvalue weighted by molar-refractivity contribution is 5.63. The largest absolute Gasteiger partial charge is 0.103 e. The number of hydrogen-bond acceptors (Lipinski definition) is 0. The van der Waals surface area contributed by atoms with Crippen molar-refractivity contribution in [3.63, 3.8) is 0 Å². The van der Waals surface area contributed by atoms with E-state index in [2.05, 4.69) is 74.3 Å². The van der Waals surface area contributed by atoms with E-state index in [9.17, 15) is 0 Å². The lowest BCUT2D eigenvalue weighted by atomic mass is 9.70. The van der Waals surface area contributed by atoms with Crippen LogP contribution in [0.2, 0.25) is 0 Å². The Balaban J connectivity index is 2.35. The molecule has 130 valence electrons. The molecule has 0 saturated heterocycles. The van der Waals surface area contributed by atoms with Crippen LogP contribution in [0.1, 0.15) is 44.1 Å². The summed E-state index contributed by atoms with van der Waals surface area (Å²) in [5, 5.41) is 0. The quantitative estimate of drug-likeness (QED) is 0.374. The molecule has 0 amide bonds. The van der Waals surface area contributed by atoms with Crippen molar-refractivity contribution in [3.8, 4) is 11.1 Å². The highest BCUT2D eigenvalue weighted by Gasteiger charge is 2.30. The third-order valence-corrected chi connectivity index (χ3v) is 5.09. The lowest BCUT2D eigenvalue weighted by Crippen LogP contribution is -2.26. The van der Waals surface area contributed by atoms with Crippen LogP contribution in [0.15, 0.2) is 92.6 Å². The van der Waals surface area contributed by atoms with Crippen molar-refractivity contribution in [2.75, 3.05) is 0 Å². The Bertz CT molecular complexity index is 630. The number of benzene rings is 2. The second-order valence-electron chi connectivity index (χ2n) is 6.71. The molecule has 0 saturated carbocycles. The summed E-state index contributed by atoms with van der Waals surface area (Å²) in [7, 11) is 0. The number of hydrogen-bond donors (Lipinski definition) is 0. The van der Waals surface area contributed by atoms with Crippen molar-refractivity contribution in [2.24, 2.45) is 0 Å². The van der Waals surface area contributed by atoms with Gasteiger partial charge < -0.3 is 0 Å². The van der Waals surface area contributed by atoms with Gasteiger partial charge in [0.2, 0.25) is 0 Å². The van der Waals surface area contributed by atoms with E-state index in [0.29, 0.717) is 0 Å². The molecule has 0 unspecified atom stereocenters. The first-order valence-electron chi connectivity index (χ1n) is 9.24. The maximum atomic E-state index is 3.93. The molecular formula is C25H30. The van der Waals surface area contributed by atoms with Crippen LogP contribution in [0.4, 0.5) is 0 Å². The van der Waals surface area contributed by atoms with E-state index in [1.165, 1.54) is 16.7 Å². The minimum absolute atomic E-state index is 0.172. The molecule has 2 aromatic rings. The Labute approximate surface area is 153 Å². The van der Waals surface area contributed by atoms with Gasteiger partial charge in [0.25, 0.3) is 0 Å². The van der Waals surface area contributed by atoms with Gasteiger partial charge in [-0.25, -0.2) is 0 Å². The van der Waals surface area contributed by atoms with Crippen LogP contribution >= 0.6 is 0 Å². The van der Waals surface area contributed by atoms with Crippen LogP contribution in [0, 0.1) is 0 Å². The summed E-state index contributed by atoms with van der Waals surface area (Å²) in [6, 6.07) is 19.7. The molecule has 2 aromatic carbocycles. The lowest BCUT2D eigenvalue weighted by Gasteiger charge is -2.34. The van der Waals surface area contributed by atoms with Gasteiger partial charge in [0.1, 0.15) is 0 Å². The van der Waals surface area contributed by atoms with Gasteiger partial charge in [0.15, 0.2) is 0 Å². The zero-order valence-electron chi connectivity index (χ0n) is 15.3. The molecule has 0 atom stereocenters.